The minimum absolute atomic E-state index is 0.283. The second-order valence-electron chi connectivity index (χ2n) is 4.68. The van der Waals surface area contributed by atoms with Gasteiger partial charge in [0.15, 0.2) is 0 Å². The fraction of sp³-hybridized carbons (Fsp3) is 0.357. The van der Waals surface area contributed by atoms with Gasteiger partial charge in [-0.2, -0.15) is 5.26 Å². The molecule has 2 N–H and O–H groups in total. The van der Waals surface area contributed by atoms with Crippen molar-refractivity contribution in [3.8, 4) is 6.07 Å². The third-order valence-electron chi connectivity index (χ3n) is 3.37. The van der Waals surface area contributed by atoms with Crippen LogP contribution in [0.1, 0.15) is 18.4 Å². The standard InChI is InChI=1S/C14H15FN3O/c15-12-3-1-10(2-4-12)9-18-6-5-11(8-16)7-13(18)14(17)19/h1-4,13H,5-7,9H2,(H2,17,19). The Balaban J connectivity index is 2.08. The molecule has 0 bridgehead atoms. The summed E-state index contributed by atoms with van der Waals surface area (Å²) in [5.74, 6) is 0.00247. The maximum Gasteiger partial charge on any atom is 0.234 e. The molecule has 1 radical (unpaired) electrons. The molecule has 1 saturated heterocycles. The smallest absolute Gasteiger partial charge is 0.234 e. The maximum atomic E-state index is 12.8. The van der Waals surface area contributed by atoms with Gasteiger partial charge in [0.25, 0.3) is 0 Å². The number of rotatable bonds is 3. The highest BCUT2D eigenvalue weighted by Gasteiger charge is 2.32. The van der Waals surface area contributed by atoms with E-state index in [9.17, 15) is 9.18 Å². The summed E-state index contributed by atoms with van der Waals surface area (Å²) in [4.78, 5) is 13.4. The van der Waals surface area contributed by atoms with E-state index in [1.54, 1.807) is 12.1 Å². The second kappa shape index (κ2) is 5.81. The molecule has 5 heteroatoms. The number of carbonyl (C=O) groups excluding carboxylic acids is 1. The Morgan fingerprint density at radius 2 is 2.16 bits per heavy atom. The Kier molecular flexibility index (Phi) is 4.13. The van der Waals surface area contributed by atoms with E-state index < -0.39 is 11.9 Å². The van der Waals surface area contributed by atoms with Crippen molar-refractivity contribution in [3.05, 3.63) is 41.6 Å². The SMILES string of the molecule is N#C[C]1CCN(Cc2ccc(F)cc2)C(C(N)=O)C1. The highest BCUT2D eigenvalue weighted by Crippen LogP contribution is 2.25. The minimum atomic E-state index is -0.451. The lowest BCUT2D eigenvalue weighted by atomic mass is 9.91. The van der Waals surface area contributed by atoms with Gasteiger partial charge in [-0.3, -0.25) is 9.69 Å². The van der Waals surface area contributed by atoms with Gasteiger partial charge in [-0.15, -0.1) is 0 Å². The van der Waals surface area contributed by atoms with Crippen molar-refractivity contribution < 1.29 is 9.18 Å². The summed E-state index contributed by atoms with van der Waals surface area (Å²) in [6.07, 6.45) is 1.05. The summed E-state index contributed by atoms with van der Waals surface area (Å²) in [6, 6.07) is 7.83. The molecule has 99 valence electrons. The average molecular weight is 260 g/mol. The van der Waals surface area contributed by atoms with Crippen molar-refractivity contribution >= 4 is 5.91 Å². The van der Waals surface area contributed by atoms with Crippen molar-refractivity contribution in [2.45, 2.75) is 25.4 Å². The summed E-state index contributed by atoms with van der Waals surface area (Å²) in [5, 5.41) is 8.90. The summed E-state index contributed by atoms with van der Waals surface area (Å²) < 4.78 is 12.8. The molecule has 1 heterocycles. The molecule has 1 amide bonds. The maximum absolute atomic E-state index is 12.8. The minimum Gasteiger partial charge on any atom is -0.368 e. The first-order chi connectivity index (χ1) is 9.10. The third-order valence-corrected chi connectivity index (χ3v) is 3.37. The van der Waals surface area contributed by atoms with Crippen molar-refractivity contribution in [1.29, 1.82) is 5.26 Å². The van der Waals surface area contributed by atoms with Gasteiger partial charge in [0.05, 0.1) is 18.0 Å². The molecule has 19 heavy (non-hydrogen) atoms. The third kappa shape index (κ3) is 3.30. The number of hydrogen-bond acceptors (Lipinski definition) is 3. The van der Waals surface area contributed by atoms with Crippen molar-refractivity contribution in [2.75, 3.05) is 6.54 Å². The van der Waals surface area contributed by atoms with Gasteiger partial charge in [-0.25, -0.2) is 4.39 Å². The molecular weight excluding hydrogens is 245 g/mol. The summed E-state index contributed by atoms with van der Waals surface area (Å²) in [6.45, 7) is 1.15. The van der Waals surface area contributed by atoms with Crippen LogP contribution in [-0.2, 0) is 11.3 Å². The van der Waals surface area contributed by atoms with Crippen LogP contribution in [0.4, 0.5) is 4.39 Å². The van der Waals surface area contributed by atoms with E-state index in [4.69, 9.17) is 11.0 Å². The molecule has 2 rings (SSSR count). The molecule has 1 aromatic rings. The first-order valence-corrected chi connectivity index (χ1v) is 6.12. The van der Waals surface area contributed by atoms with E-state index in [0.29, 0.717) is 31.8 Å². The number of nitrogens with two attached hydrogens (primary N) is 1. The van der Waals surface area contributed by atoms with Crippen LogP contribution in [0.5, 0.6) is 0 Å². The highest BCUT2D eigenvalue weighted by atomic mass is 19.1. The van der Waals surface area contributed by atoms with Gasteiger partial charge in [-0.1, -0.05) is 12.1 Å². The predicted molar refractivity (Wildman–Crippen MR) is 67.9 cm³/mol. The van der Waals surface area contributed by atoms with Gasteiger partial charge in [0.2, 0.25) is 5.91 Å². The van der Waals surface area contributed by atoms with Crippen LogP contribution in [-0.4, -0.2) is 23.4 Å². The number of benzene rings is 1. The van der Waals surface area contributed by atoms with Crippen molar-refractivity contribution in [3.63, 3.8) is 0 Å². The quantitative estimate of drug-likeness (QED) is 0.892. The van der Waals surface area contributed by atoms with Crippen LogP contribution >= 0.6 is 0 Å². The Morgan fingerprint density at radius 1 is 1.47 bits per heavy atom. The number of halogens is 1. The molecule has 4 nitrogen and oxygen atoms in total. The summed E-state index contributed by atoms with van der Waals surface area (Å²) in [7, 11) is 0. The number of hydrogen-bond donors (Lipinski definition) is 1. The molecule has 1 fully saturated rings. The number of nitriles is 1. The van der Waals surface area contributed by atoms with E-state index in [-0.39, 0.29) is 5.82 Å². The predicted octanol–water partition coefficient (Wildman–Crippen LogP) is 1.37. The Morgan fingerprint density at radius 3 is 2.74 bits per heavy atom. The Labute approximate surface area is 111 Å². The molecule has 1 aliphatic heterocycles. The molecule has 0 aromatic heterocycles. The van der Waals surface area contributed by atoms with Gasteiger partial charge < -0.3 is 5.73 Å². The van der Waals surface area contributed by atoms with Crippen LogP contribution in [0, 0.1) is 23.1 Å². The molecule has 1 aromatic carbocycles. The fourth-order valence-corrected chi connectivity index (χ4v) is 2.29. The lowest BCUT2D eigenvalue weighted by Crippen LogP contribution is -2.48. The first kappa shape index (κ1) is 13.5. The number of piperidine rings is 1. The highest BCUT2D eigenvalue weighted by molar-refractivity contribution is 5.80. The lowest BCUT2D eigenvalue weighted by molar-refractivity contribution is -0.124. The van der Waals surface area contributed by atoms with E-state index >= 15 is 0 Å². The van der Waals surface area contributed by atoms with E-state index in [2.05, 4.69) is 6.07 Å². The summed E-state index contributed by atoms with van der Waals surface area (Å²) in [5.41, 5.74) is 6.31. The van der Waals surface area contributed by atoms with Crippen LogP contribution in [0.3, 0.4) is 0 Å². The van der Waals surface area contributed by atoms with Gasteiger partial charge in [0, 0.05) is 13.1 Å². The Bertz CT molecular complexity index is 494. The topological polar surface area (TPSA) is 70.1 Å². The summed E-state index contributed by atoms with van der Waals surface area (Å²) >= 11 is 0. The zero-order valence-corrected chi connectivity index (χ0v) is 10.5. The fourth-order valence-electron chi connectivity index (χ4n) is 2.29. The molecule has 0 aliphatic carbocycles. The van der Waals surface area contributed by atoms with Crippen LogP contribution in [0.25, 0.3) is 0 Å². The number of nitrogens with zero attached hydrogens (tertiary/aromatic N) is 2. The average Bonchev–Trinajstić information content (AvgIpc) is 2.41. The Hall–Kier alpha value is -1.93. The molecule has 0 saturated carbocycles. The number of carbonyl (C=O) groups is 1. The van der Waals surface area contributed by atoms with E-state index in [1.807, 2.05) is 4.90 Å². The molecule has 1 aliphatic rings. The molecule has 1 atom stereocenters. The number of likely N-dealkylation sites (tertiary alicyclic amines) is 1. The van der Waals surface area contributed by atoms with E-state index in [1.165, 1.54) is 12.1 Å². The van der Waals surface area contributed by atoms with Crippen molar-refractivity contribution in [1.82, 2.24) is 4.90 Å². The molecular formula is C14H15FN3O. The molecule has 0 spiro atoms. The van der Waals surface area contributed by atoms with E-state index in [0.717, 1.165) is 5.56 Å². The van der Waals surface area contributed by atoms with Crippen LogP contribution in [0.15, 0.2) is 24.3 Å². The normalized spacial score (nSPS) is 20.9. The largest absolute Gasteiger partial charge is 0.368 e. The monoisotopic (exact) mass is 260 g/mol. The number of amides is 1. The van der Waals surface area contributed by atoms with Gasteiger partial charge in [-0.05, 0) is 30.5 Å². The first-order valence-electron chi connectivity index (χ1n) is 6.12. The molecule has 1 unspecified atom stereocenters. The van der Waals surface area contributed by atoms with Crippen molar-refractivity contribution in [2.24, 2.45) is 5.73 Å². The zero-order chi connectivity index (χ0) is 13.8. The zero-order valence-electron chi connectivity index (χ0n) is 10.5. The lowest BCUT2D eigenvalue weighted by Gasteiger charge is -2.35. The van der Waals surface area contributed by atoms with Gasteiger partial charge >= 0.3 is 0 Å². The van der Waals surface area contributed by atoms with Gasteiger partial charge in [0.1, 0.15) is 5.82 Å². The van der Waals surface area contributed by atoms with Crippen LogP contribution in [0.2, 0.25) is 0 Å². The number of primary amides is 1. The van der Waals surface area contributed by atoms with Crippen LogP contribution < -0.4 is 5.73 Å². The second-order valence-corrected chi connectivity index (χ2v) is 4.68.